The number of nitrogens with two attached hydrogens (primary N) is 1. The van der Waals surface area contributed by atoms with Crippen LogP contribution < -0.4 is 5.73 Å². The first-order valence-electron chi connectivity index (χ1n) is 7.06. The Morgan fingerprint density at radius 2 is 2.00 bits per heavy atom. The fourth-order valence-electron chi connectivity index (χ4n) is 2.77. The largest absolute Gasteiger partial charge is 0.364 e. The number of benzene rings is 1. The minimum absolute atomic E-state index is 0.0857. The van der Waals surface area contributed by atoms with Gasteiger partial charge in [0.05, 0.1) is 0 Å². The molecule has 0 saturated carbocycles. The number of aromatic amines is 1. The number of nitrogens with one attached hydrogen (secondary N) is 1. The highest BCUT2D eigenvalue weighted by Gasteiger charge is 2.34. The van der Waals surface area contributed by atoms with Crippen LogP contribution in [-0.2, 0) is 10.0 Å². The van der Waals surface area contributed by atoms with Crippen LogP contribution in [0.5, 0.6) is 0 Å². The summed E-state index contributed by atoms with van der Waals surface area (Å²) in [5.74, 6) is -0.851. The molecule has 6 nitrogen and oxygen atoms in total. The average Bonchev–Trinajstić information content (AvgIpc) is 2.87. The summed E-state index contributed by atoms with van der Waals surface area (Å²) < 4.78 is 41.1. The zero-order valence-corrected chi connectivity index (χ0v) is 14.5. The van der Waals surface area contributed by atoms with E-state index in [4.69, 9.17) is 5.73 Å². The highest BCUT2D eigenvalue weighted by molar-refractivity contribution is 9.10. The van der Waals surface area contributed by atoms with Crippen LogP contribution in [0.15, 0.2) is 27.6 Å². The molecular weight excluding hydrogens is 389 g/mol. The van der Waals surface area contributed by atoms with Crippen LogP contribution >= 0.6 is 15.9 Å². The summed E-state index contributed by atoms with van der Waals surface area (Å²) in [5, 5.41) is 0.385. The zero-order valence-electron chi connectivity index (χ0n) is 12.1. The normalized spacial score (nSPS) is 17.7. The summed E-state index contributed by atoms with van der Waals surface area (Å²) in [6.07, 6.45) is -0.692. The molecule has 0 spiro atoms. The van der Waals surface area contributed by atoms with Gasteiger partial charge in [-0.25, -0.2) is 12.8 Å². The van der Waals surface area contributed by atoms with Crippen molar-refractivity contribution in [1.29, 1.82) is 0 Å². The molecule has 3 N–H and O–H groups in total. The topological polar surface area (TPSA) is 96.3 Å². The molecule has 2 aromatic rings. The first kappa shape index (κ1) is 16.4. The maximum Gasteiger partial charge on any atom is 0.266 e. The van der Waals surface area contributed by atoms with Crippen molar-refractivity contribution >= 4 is 42.8 Å². The van der Waals surface area contributed by atoms with E-state index in [1.807, 2.05) is 0 Å². The van der Waals surface area contributed by atoms with Crippen molar-refractivity contribution in [3.63, 3.8) is 0 Å². The molecule has 0 unspecified atom stereocenters. The lowest BCUT2D eigenvalue weighted by molar-refractivity contribution is 0.0993. The summed E-state index contributed by atoms with van der Waals surface area (Å²) in [4.78, 5) is 14.3. The standard InChI is InChI=1S/C14H15BrFN3O3S/c15-8-1-2-11-10(7-8)13(12(18-11)14(17)20)23(21,22)19-5-3-9(16)4-6-19/h1-2,7,9,18H,3-6H2,(H2,17,20). The van der Waals surface area contributed by atoms with E-state index >= 15 is 0 Å². The van der Waals surface area contributed by atoms with E-state index in [1.165, 1.54) is 4.31 Å². The fourth-order valence-corrected chi connectivity index (χ4v) is 4.94. The van der Waals surface area contributed by atoms with Gasteiger partial charge in [-0.2, -0.15) is 4.31 Å². The number of sulfonamides is 1. The summed E-state index contributed by atoms with van der Waals surface area (Å²) in [7, 11) is -3.95. The van der Waals surface area contributed by atoms with E-state index in [0.29, 0.717) is 15.4 Å². The van der Waals surface area contributed by atoms with Crippen molar-refractivity contribution in [1.82, 2.24) is 9.29 Å². The quantitative estimate of drug-likeness (QED) is 0.821. The molecule has 1 amide bonds. The number of rotatable bonds is 3. The van der Waals surface area contributed by atoms with Gasteiger partial charge in [0.15, 0.2) is 0 Å². The summed E-state index contributed by atoms with van der Waals surface area (Å²) in [5.41, 5.74) is 5.69. The maximum atomic E-state index is 13.3. The molecule has 0 radical (unpaired) electrons. The number of halogens is 2. The van der Waals surface area contributed by atoms with Gasteiger partial charge in [0, 0.05) is 28.5 Å². The molecule has 0 bridgehead atoms. The van der Waals surface area contributed by atoms with Crippen molar-refractivity contribution in [3.05, 3.63) is 28.4 Å². The fraction of sp³-hybridized carbons (Fsp3) is 0.357. The molecule has 1 fully saturated rings. The Hall–Kier alpha value is -1.45. The van der Waals surface area contributed by atoms with Crippen molar-refractivity contribution in [2.45, 2.75) is 23.9 Å². The number of nitrogens with zero attached hydrogens (tertiary/aromatic N) is 1. The predicted molar refractivity (Wildman–Crippen MR) is 87.4 cm³/mol. The third-order valence-electron chi connectivity index (χ3n) is 3.94. The average molecular weight is 404 g/mol. The Balaban J connectivity index is 2.19. The van der Waals surface area contributed by atoms with Crippen LogP contribution in [0.1, 0.15) is 23.3 Å². The monoisotopic (exact) mass is 403 g/mol. The molecule has 9 heteroatoms. The van der Waals surface area contributed by atoms with E-state index in [-0.39, 0.29) is 36.5 Å². The Morgan fingerprint density at radius 3 is 2.61 bits per heavy atom. The molecule has 0 aliphatic carbocycles. The van der Waals surface area contributed by atoms with Gasteiger partial charge >= 0.3 is 0 Å². The SMILES string of the molecule is NC(=O)c1[nH]c2ccc(Br)cc2c1S(=O)(=O)N1CCC(F)CC1. The molecule has 1 aromatic heterocycles. The first-order chi connectivity index (χ1) is 10.8. The molecule has 2 heterocycles. The van der Waals surface area contributed by atoms with Crippen LogP contribution in [0.2, 0.25) is 0 Å². The number of aromatic nitrogens is 1. The number of fused-ring (bicyclic) bond motifs is 1. The second kappa shape index (κ2) is 5.88. The van der Waals surface area contributed by atoms with Gasteiger partial charge < -0.3 is 10.7 Å². The first-order valence-corrected chi connectivity index (χ1v) is 9.29. The summed E-state index contributed by atoms with van der Waals surface area (Å²) in [6.45, 7) is 0.171. The molecule has 1 saturated heterocycles. The van der Waals surface area contributed by atoms with E-state index < -0.39 is 22.1 Å². The Bertz CT molecular complexity index is 873. The van der Waals surface area contributed by atoms with Crippen LogP contribution in [0.4, 0.5) is 4.39 Å². The highest BCUT2D eigenvalue weighted by atomic mass is 79.9. The molecule has 124 valence electrons. The molecule has 1 aromatic carbocycles. The van der Waals surface area contributed by atoms with Gasteiger partial charge in [0.1, 0.15) is 16.8 Å². The van der Waals surface area contributed by atoms with Crippen molar-refractivity contribution in [2.24, 2.45) is 5.73 Å². The lowest BCUT2D eigenvalue weighted by atomic mass is 10.1. The van der Waals surface area contributed by atoms with E-state index in [1.54, 1.807) is 18.2 Å². The Morgan fingerprint density at radius 1 is 1.35 bits per heavy atom. The molecule has 1 aliphatic heterocycles. The minimum Gasteiger partial charge on any atom is -0.364 e. The lowest BCUT2D eigenvalue weighted by Crippen LogP contribution is -2.39. The number of primary amides is 1. The molecule has 1 aliphatic rings. The lowest BCUT2D eigenvalue weighted by Gasteiger charge is -2.27. The van der Waals surface area contributed by atoms with Crippen molar-refractivity contribution < 1.29 is 17.6 Å². The van der Waals surface area contributed by atoms with E-state index in [2.05, 4.69) is 20.9 Å². The minimum atomic E-state index is -3.95. The Kier molecular flexibility index (Phi) is 4.19. The number of carbonyl (C=O) groups excluding carboxylic acids is 1. The van der Waals surface area contributed by atoms with Crippen molar-refractivity contribution in [2.75, 3.05) is 13.1 Å². The summed E-state index contributed by atoms with van der Waals surface area (Å²) in [6, 6.07) is 5.01. The van der Waals surface area contributed by atoms with E-state index in [0.717, 1.165) is 0 Å². The molecule has 3 rings (SSSR count). The predicted octanol–water partition coefficient (Wildman–Crippen LogP) is 2.15. The summed E-state index contributed by atoms with van der Waals surface area (Å²) >= 11 is 3.30. The smallest absolute Gasteiger partial charge is 0.266 e. The third-order valence-corrected chi connectivity index (χ3v) is 6.42. The third kappa shape index (κ3) is 2.88. The van der Waals surface area contributed by atoms with Crippen LogP contribution in [-0.4, -0.2) is 42.9 Å². The number of amides is 1. The van der Waals surface area contributed by atoms with Crippen LogP contribution in [0.25, 0.3) is 10.9 Å². The van der Waals surface area contributed by atoms with Gasteiger partial charge in [-0.1, -0.05) is 15.9 Å². The second-order valence-electron chi connectivity index (χ2n) is 5.46. The number of hydrogen-bond donors (Lipinski definition) is 2. The maximum absolute atomic E-state index is 13.3. The van der Waals surface area contributed by atoms with Crippen LogP contribution in [0, 0.1) is 0 Å². The van der Waals surface area contributed by atoms with Gasteiger partial charge in [0.25, 0.3) is 5.91 Å². The molecular formula is C14H15BrFN3O3S. The highest BCUT2D eigenvalue weighted by Crippen LogP contribution is 2.32. The van der Waals surface area contributed by atoms with E-state index in [9.17, 15) is 17.6 Å². The molecule has 0 atom stereocenters. The Labute approximate surface area is 141 Å². The van der Waals surface area contributed by atoms with Gasteiger partial charge in [-0.3, -0.25) is 4.79 Å². The van der Waals surface area contributed by atoms with Crippen LogP contribution in [0.3, 0.4) is 0 Å². The van der Waals surface area contributed by atoms with Crippen molar-refractivity contribution in [3.8, 4) is 0 Å². The number of piperidine rings is 1. The van der Waals surface area contributed by atoms with Gasteiger partial charge in [-0.05, 0) is 31.0 Å². The second-order valence-corrected chi connectivity index (χ2v) is 8.25. The number of H-pyrrole nitrogens is 1. The number of alkyl halides is 1. The number of hydrogen-bond acceptors (Lipinski definition) is 3. The number of carbonyl (C=O) groups is 1. The molecule has 23 heavy (non-hydrogen) atoms. The van der Waals surface area contributed by atoms with Gasteiger partial charge in [0.2, 0.25) is 10.0 Å². The zero-order chi connectivity index (χ0) is 16.8. The van der Waals surface area contributed by atoms with Gasteiger partial charge in [-0.15, -0.1) is 0 Å².